The standard InChI is InChI=1S/C13H24N3O2PS2/c1-6-8-21-19(20,17-7-2)18-10-12-9-13(16(4)5)15-11(3)14-12/h9H,6-8,10H2,1-5H3/t19-/m0/s1. The Hall–Kier alpha value is -0.200. The van der Waals surface area contributed by atoms with Gasteiger partial charge in [-0.1, -0.05) is 18.3 Å². The summed E-state index contributed by atoms with van der Waals surface area (Å²) in [5.74, 6) is 2.54. The summed E-state index contributed by atoms with van der Waals surface area (Å²) in [4.78, 5) is 10.7. The van der Waals surface area contributed by atoms with E-state index in [9.17, 15) is 0 Å². The van der Waals surface area contributed by atoms with Crippen molar-refractivity contribution in [1.29, 1.82) is 0 Å². The lowest BCUT2D eigenvalue weighted by atomic mass is 10.4. The fourth-order valence-electron chi connectivity index (χ4n) is 1.53. The van der Waals surface area contributed by atoms with E-state index in [0.717, 1.165) is 29.5 Å². The van der Waals surface area contributed by atoms with Crippen molar-refractivity contribution in [2.75, 3.05) is 31.4 Å². The highest BCUT2D eigenvalue weighted by molar-refractivity contribution is 8.67. The highest BCUT2D eigenvalue weighted by Crippen LogP contribution is 2.61. The van der Waals surface area contributed by atoms with Crippen LogP contribution in [0.2, 0.25) is 0 Å². The number of nitrogens with zero attached hydrogens (tertiary/aromatic N) is 3. The number of anilines is 1. The summed E-state index contributed by atoms with van der Waals surface area (Å²) < 4.78 is 11.6. The van der Waals surface area contributed by atoms with E-state index >= 15 is 0 Å². The molecule has 0 bridgehead atoms. The third-order valence-corrected chi connectivity index (χ3v) is 8.08. The zero-order valence-electron chi connectivity index (χ0n) is 13.3. The maximum absolute atomic E-state index is 5.91. The van der Waals surface area contributed by atoms with Crippen LogP contribution in [0.3, 0.4) is 0 Å². The number of aromatic nitrogens is 2. The SMILES string of the molecule is CCCS[P@@](=S)(OCC)OCc1cc(N(C)C)nc(C)n1. The maximum Gasteiger partial charge on any atom is 0.247 e. The van der Waals surface area contributed by atoms with Gasteiger partial charge < -0.3 is 13.9 Å². The zero-order valence-corrected chi connectivity index (χ0v) is 15.9. The predicted octanol–water partition coefficient (Wildman–Crippen LogP) is 3.77. The van der Waals surface area contributed by atoms with Gasteiger partial charge in [-0.05, 0) is 32.1 Å². The molecular formula is C13H24N3O2PS2. The van der Waals surface area contributed by atoms with Crippen LogP contribution in [-0.2, 0) is 27.5 Å². The van der Waals surface area contributed by atoms with Gasteiger partial charge in [0.1, 0.15) is 11.6 Å². The van der Waals surface area contributed by atoms with E-state index in [1.54, 1.807) is 11.4 Å². The molecule has 0 aliphatic rings. The van der Waals surface area contributed by atoms with Crippen LogP contribution in [0.25, 0.3) is 0 Å². The van der Waals surface area contributed by atoms with Gasteiger partial charge in [0, 0.05) is 25.9 Å². The Balaban J connectivity index is 2.77. The molecule has 0 aliphatic heterocycles. The molecule has 8 heteroatoms. The predicted molar refractivity (Wildman–Crippen MR) is 94.5 cm³/mol. The first kappa shape index (κ1) is 18.8. The van der Waals surface area contributed by atoms with Crippen molar-refractivity contribution in [2.45, 2.75) is 33.8 Å². The normalized spacial score (nSPS) is 14.0. The molecule has 1 heterocycles. The van der Waals surface area contributed by atoms with Crippen molar-refractivity contribution < 1.29 is 9.05 Å². The molecule has 0 aromatic carbocycles. The fraction of sp³-hybridized carbons (Fsp3) is 0.692. The van der Waals surface area contributed by atoms with Crippen LogP contribution in [0.15, 0.2) is 6.07 Å². The molecule has 5 nitrogen and oxygen atoms in total. The van der Waals surface area contributed by atoms with Crippen molar-refractivity contribution in [3.8, 4) is 0 Å². The molecule has 0 aliphatic carbocycles. The Bertz CT molecular complexity index is 500. The van der Waals surface area contributed by atoms with E-state index in [0.29, 0.717) is 13.2 Å². The number of aryl methyl sites for hydroxylation is 1. The highest BCUT2D eigenvalue weighted by atomic mass is 32.9. The summed E-state index contributed by atoms with van der Waals surface area (Å²) in [7, 11) is 3.90. The molecule has 21 heavy (non-hydrogen) atoms. The Kier molecular flexibility index (Phi) is 8.13. The highest BCUT2D eigenvalue weighted by Gasteiger charge is 2.19. The zero-order chi connectivity index (χ0) is 15.9. The van der Waals surface area contributed by atoms with Crippen LogP contribution in [0.5, 0.6) is 0 Å². The Labute approximate surface area is 136 Å². The molecule has 1 atom stereocenters. The van der Waals surface area contributed by atoms with Crippen molar-refractivity contribution in [1.82, 2.24) is 9.97 Å². The lowest BCUT2D eigenvalue weighted by molar-refractivity contribution is 0.259. The van der Waals surface area contributed by atoms with Gasteiger partial charge in [-0.2, -0.15) is 0 Å². The molecule has 0 saturated carbocycles. The Morgan fingerprint density at radius 2 is 2.00 bits per heavy atom. The lowest BCUT2D eigenvalue weighted by Crippen LogP contribution is -2.13. The van der Waals surface area contributed by atoms with Gasteiger partial charge in [-0.3, -0.25) is 0 Å². The van der Waals surface area contributed by atoms with Gasteiger partial charge in [0.15, 0.2) is 0 Å². The molecule has 0 unspecified atom stereocenters. The monoisotopic (exact) mass is 349 g/mol. The summed E-state index contributed by atoms with van der Waals surface area (Å²) in [6.07, 6.45) is 1.05. The van der Waals surface area contributed by atoms with Crippen LogP contribution in [0.1, 0.15) is 31.8 Å². The molecule has 0 N–H and O–H groups in total. The fourth-order valence-corrected chi connectivity index (χ4v) is 6.06. The van der Waals surface area contributed by atoms with Gasteiger partial charge in [0.2, 0.25) is 5.69 Å². The summed E-state index contributed by atoms with van der Waals surface area (Å²) >= 11 is 7.17. The average molecular weight is 349 g/mol. The molecule has 0 spiro atoms. The minimum Gasteiger partial charge on any atom is -0.363 e. The quantitative estimate of drug-likeness (QED) is 0.629. The lowest BCUT2D eigenvalue weighted by Gasteiger charge is -2.21. The summed E-state index contributed by atoms with van der Waals surface area (Å²) in [5.41, 5.74) is -1.45. The molecule has 0 radical (unpaired) electrons. The molecule has 1 rings (SSSR count). The van der Waals surface area contributed by atoms with Crippen molar-refractivity contribution in [3.63, 3.8) is 0 Å². The minimum absolute atomic E-state index is 0.359. The average Bonchev–Trinajstić information content (AvgIpc) is 2.43. The first-order valence-electron chi connectivity index (χ1n) is 6.95. The first-order valence-corrected chi connectivity index (χ1v) is 11.2. The Morgan fingerprint density at radius 3 is 2.57 bits per heavy atom. The van der Waals surface area contributed by atoms with Crippen LogP contribution < -0.4 is 4.90 Å². The molecular weight excluding hydrogens is 325 g/mol. The summed E-state index contributed by atoms with van der Waals surface area (Å²) in [5, 5.41) is 0. The van der Waals surface area contributed by atoms with Gasteiger partial charge >= 0.3 is 0 Å². The Morgan fingerprint density at radius 1 is 1.29 bits per heavy atom. The van der Waals surface area contributed by atoms with Crippen LogP contribution in [0.4, 0.5) is 5.82 Å². The molecule has 0 saturated heterocycles. The molecule has 0 fully saturated rings. The van der Waals surface area contributed by atoms with Gasteiger partial charge in [-0.25, -0.2) is 9.97 Å². The second-order valence-corrected chi connectivity index (χ2v) is 11.1. The van der Waals surface area contributed by atoms with E-state index < -0.39 is 5.69 Å². The van der Waals surface area contributed by atoms with Crippen LogP contribution >= 0.6 is 17.1 Å². The maximum atomic E-state index is 5.91. The second kappa shape index (κ2) is 9.06. The van der Waals surface area contributed by atoms with Crippen LogP contribution in [-0.4, -0.2) is 36.4 Å². The van der Waals surface area contributed by atoms with E-state index in [1.165, 1.54) is 0 Å². The van der Waals surface area contributed by atoms with E-state index in [2.05, 4.69) is 16.9 Å². The molecule has 1 aromatic rings. The second-order valence-electron chi connectivity index (χ2n) is 4.63. The number of hydrogen-bond acceptors (Lipinski definition) is 7. The topological polar surface area (TPSA) is 47.5 Å². The van der Waals surface area contributed by atoms with Crippen molar-refractivity contribution in [2.24, 2.45) is 0 Å². The first-order chi connectivity index (χ1) is 9.90. The summed E-state index contributed by atoms with van der Waals surface area (Å²) in [6, 6.07) is 1.92. The van der Waals surface area contributed by atoms with Gasteiger partial charge in [0.05, 0.1) is 18.9 Å². The number of hydrogen-bond donors (Lipinski definition) is 0. The molecule has 0 amide bonds. The summed E-state index contributed by atoms with van der Waals surface area (Å²) in [6.45, 7) is 6.87. The van der Waals surface area contributed by atoms with Crippen molar-refractivity contribution in [3.05, 3.63) is 17.6 Å². The van der Waals surface area contributed by atoms with E-state index in [1.807, 2.05) is 38.9 Å². The molecule has 120 valence electrons. The third-order valence-electron chi connectivity index (χ3n) is 2.45. The van der Waals surface area contributed by atoms with Crippen LogP contribution in [0, 0.1) is 6.92 Å². The smallest absolute Gasteiger partial charge is 0.247 e. The number of rotatable bonds is 9. The van der Waals surface area contributed by atoms with Gasteiger partial charge in [-0.15, -0.1) is 0 Å². The van der Waals surface area contributed by atoms with E-state index in [4.69, 9.17) is 20.9 Å². The van der Waals surface area contributed by atoms with Crippen molar-refractivity contribution >= 4 is 34.7 Å². The largest absolute Gasteiger partial charge is 0.363 e. The third kappa shape index (κ3) is 6.61. The van der Waals surface area contributed by atoms with E-state index in [-0.39, 0.29) is 0 Å². The van der Waals surface area contributed by atoms with Gasteiger partial charge in [0.25, 0.3) is 0 Å². The minimum atomic E-state index is -2.28. The molecule has 1 aromatic heterocycles.